The first-order chi connectivity index (χ1) is 9.79. The van der Waals surface area contributed by atoms with Gasteiger partial charge in [0.15, 0.2) is 0 Å². The molecule has 5 nitrogen and oxygen atoms in total. The van der Waals surface area contributed by atoms with Crippen LogP contribution in [0.15, 0.2) is 18.2 Å². The monoisotopic (exact) mass is 349 g/mol. The number of sulfonamides is 1. The molecule has 0 radical (unpaired) electrons. The smallest absolute Gasteiger partial charge is 0.208 e. The second-order valence-electron chi connectivity index (χ2n) is 4.87. The fraction of sp³-hybridized carbons (Fsp3) is 0.462. The number of benzene rings is 1. The first-order valence-corrected chi connectivity index (χ1v) is 9.23. The molecule has 2 aromatic rings. The number of rotatable bonds is 6. The molecule has 1 heterocycles. The van der Waals surface area contributed by atoms with E-state index in [0.717, 1.165) is 23.1 Å². The van der Waals surface area contributed by atoms with Gasteiger partial charge >= 0.3 is 0 Å². The molecular formula is C13H17Cl2N3O2S. The highest BCUT2D eigenvalue weighted by atomic mass is 35.5. The van der Waals surface area contributed by atoms with Crippen molar-refractivity contribution in [3.8, 4) is 0 Å². The van der Waals surface area contributed by atoms with Crippen LogP contribution < -0.4 is 4.72 Å². The van der Waals surface area contributed by atoms with Crippen LogP contribution in [0.3, 0.4) is 0 Å². The summed E-state index contributed by atoms with van der Waals surface area (Å²) in [7, 11) is -3.16. The van der Waals surface area contributed by atoms with E-state index in [0.29, 0.717) is 24.5 Å². The Labute approximate surface area is 134 Å². The topological polar surface area (TPSA) is 64.0 Å². The molecule has 0 spiro atoms. The fourth-order valence-corrected chi connectivity index (χ4v) is 3.06. The maximum atomic E-state index is 11.1. The Morgan fingerprint density at radius 1 is 1.43 bits per heavy atom. The zero-order valence-electron chi connectivity index (χ0n) is 11.8. The highest BCUT2D eigenvalue weighted by molar-refractivity contribution is 7.88. The van der Waals surface area contributed by atoms with Gasteiger partial charge in [-0.1, -0.05) is 17.7 Å². The average molecular weight is 350 g/mol. The van der Waals surface area contributed by atoms with Gasteiger partial charge in [0.25, 0.3) is 0 Å². The van der Waals surface area contributed by atoms with Gasteiger partial charge in [-0.25, -0.2) is 18.1 Å². The predicted octanol–water partition coefficient (Wildman–Crippen LogP) is 2.93. The van der Waals surface area contributed by atoms with E-state index in [1.54, 1.807) is 6.07 Å². The van der Waals surface area contributed by atoms with Crippen molar-refractivity contribution in [3.63, 3.8) is 0 Å². The van der Waals surface area contributed by atoms with Crippen molar-refractivity contribution in [2.24, 2.45) is 0 Å². The third kappa shape index (κ3) is 4.10. The van der Waals surface area contributed by atoms with E-state index in [9.17, 15) is 8.42 Å². The summed E-state index contributed by atoms with van der Waals surface area (Å²) >= 11 is 12.3. The minimum absolute atomic E-state index is 0.253. The van der Waals surface area contributed by atoms with E-state index in [-0.39, 0.29) is 5.38 Å². The Bertz CT molecular complexity index is 741. The molecule has 0 bridgehead atoms. The van der Waals surface area contributed by atoms with Crippen LogP contribution in [0.25, 0.3) is 11.0 Å². The van der Waals surface area contributed by atoms with Gasteiger partial charge in [-0.2, -0.15) is 0 Å². The van der Waals surface area contributed by atoms with Crippen LogP contribution >= 0.6 is 23.2 Å². The normalized spacial score (nSPS) is 13.7. The van der Waals surface area contributed by atoms with Gasteiger partial charge in [0.05, 0.1) is 22.2 Å². The summed E-state index contributed by atoms with van der Waals surface area (Å²) in [6.07, 6.45) is 1.79. The Balaban J connectivity index is 2.25. The lowest BCUT2D eigenvalue weighted by atomic mass is 10.3. The van der Waals surface area contributed by atoms with Gasteiger partial charge in [0, 0.05) is 13.1 Å². The Morgan fingerprint density at radius 3 is 2.76 bits per heavy atom. The molecule has 1 aromatic carbocycles. The van der Waals surface area contributed by atoms with Crippen molar-refractivity contribution >= 4 is 44.3 Å². The minimum Gasteiger partial charge on any atom is -0.327 e. The number of nitrogens with one attached hydrogen (secondary N) is 1. The molecule has 1 atom stereocenters. The second-order valence-corrected chi connectivity index (χ2v) is 7.76. The van der Waals surface area contributed by atoms with Gasteiger partial charge in [-0.15, -0.1) is 11.6 Å². The number of aryl methyl sites for hydroxylation is 1. The number of fused-ring (bicyclic) bond motifs is 1. The van der Waals surface area contributed by atoms with Crippen LogP contribution in [-0.2, 0) is 16.6 Å². The maximum absolute atomic E-state index is 11.1. The number of hydrogen-bond acceptors (Lipinski definition) is 3. The average Bonchev–Trinajstić information content (AvgIpc) is 2.74. The SMILES string of the molecule is CC(Cl)c1nc2c(Cl)cccc2n1CCCNS(C)(=O)=O. The van der Waals surface area contributed by atoms with Crippen LogP contribution in [0.2, 0.25) is 5.02 Å². The first-order valence-electron chi connectivity index (χ1n) is 6.53. The standard InChI is InChI=1S/C13H17Cl2N3O2S/c1-9(14)13-17-12-10(15)5-3-6-11(12)18(13)8-4-7-16-21(2,19)20/h3,5-6,9,16H,4,7-8H2,1-2H3. The van der Waals surface area contributed by atoms with E-state index in [1.807, 2.05) is 23.6 Å². The molecule has 21 heavy (non-hydrogen) atoms. The summed E-state index contributed by atoms with van der Waals surface area (Å²) in [5.41, 5.74) is 1.63. The molecule has 1 unspecified atom stereocenters. The lowest BCUT2D eigenvalue weighted by Crippen LogP contribution is -2.24. The number of aromatic nitrogens is 2. The van der Waals surface area contributed by atoms with Crippen molar-refractivity contribution in [1.29, 1.82) is 0 Å². The van der Waals surface area contributed by atoms with Crippen molar-refractivity contribution in [1.82, 2.24) is 14.3 Å². The largest absolute Gasteiger partial charge is 0.327 e. The Hall–Kier alpha value is -0.820. The summed E-state index contributed by atoms with van der Waals surface area (Å²) in [6.45, 7) is 2.84. The summed E-state index contributed by atoms with van der Waals surface area (Å²) in [5, 5.41) is 0.329. The predicted molar refractivity (Wildman–Crippen MR) is 86.5 cm³/mol. The zero-order chi connectivity index (χ0) is 15.6. The number of halogens is 2. The number of hydrogen-bond donors (Lipinski definition) is 1. The van der Waals surface area contributed by atoms with Gasteiger partial charge in [0.1, 0.15) is 11.3 Å². The number of imidazole rings is 1. The summed E-state index contributed by atoms with van der Waals surface area (Å²) in [6, 6.07) is 5.58. The lowest BCUT2D eigenvalue weighted by molar-refractivity contribution is 0.573. The Morgan fingerprint density at radius 2 is 2.14 bits per heavy atom. The van der Waals surface area contributed by atoms with Crippen LogP contribution in [0.5, 0.6) is 0 Å². The summed E-state index contributed by atoms with van der Waals surface area (Å²) in [5.74, 6) is 0.735. The van der Waals surface area contributed by atoms with Crippen molar-refractivity contribution < 1.29 is 8.42 Å². The van der Waals surface area contributed by atoms with Gasteiger partial charge in [-0.05, 0) is 25.5 Å². The zero-order valence-corrected chi connectivity index (χ0v) is 14.1. The maximum Gasteiger partial charge on any atom is 0.208 e. The van der Waals surface area contributed by atoms with Crippen molar-refractivity contribution in [2.45, 2.75) is 25.3 Å². The minimum atomic E-state index is -3.16. The lowest BCUT2D eigenvalue weighted by Gasteiger charge is -2.10. The third-order valence-electron chi connectivity index (χ3n) is 3.04. The molecule has 0 aliphatic heterocycles. The highest BCUT2D eigenvalue weighted by Gasteiger charge is 2.16. The van der Waals surface area contributed by atoms with Crippen molar-refractivity contribution in [2.75, 3.05) is 12.8 Å². The van der Waals surface area contributed by atoms with Gasteiger partial charge in [-0.3, -0.25) is 0 Å². The van der Waals surface area contributed by atoms with Gasteiger partial charge in [0.2, 0.25) is 10.0 Å². The van der Waals surface area contributed by atoms with E-state index in [4.69, 9.17) is 23.2 Å². The molecule has 2 rings (SSSR count). The molecule has 0 saturated carbocycles. The van der Waals surface area contributed by atoms with Crippen molar-refractivity contribution in [3.05, 3.63) is 29.0 Å². The molecule has 116 valence electrons. The number of alkyl halides is 1. The Kier molecular flexibility index (Phi) is 5.14. The van der Waals surface area contributed by atoms with E-state index in [2.05, 4.69) is 9.71 Å². The molecule has 0 saturated heterocycles. The number of para-hydroxylation sites is 1. The first kappa shape index (κ1) is 16.5. The molecule has 1 aromatic heterocycles. The third-order valence-corrected chi connectivity index (χ3v) is 4.27. The molecule has 8 heteroatoms. The van der Waals surface area contributed by atoms with Crippen LogP contribution in [0.1, 0.15) is 24.5 Å². The van der Waals surface area contributed by atoms with E-state index in [1.165, 1.54) is 0 Å². The van der Waals surface area contributed by atoms with Gasteiger partial charge < -0.3 is 4.57 Å². The fourth-order valence-electron chi connectivity index (χ4n) is 2.16. The molecule has 0 aliphatic rings. The van der Waals surface area contributed by atoms with E-state index >= 15 is 0 Å². The van der Waals surface area contributed by atoms with Crippen LogP contribution in [-0.4, -0.2) is 30.8 Å². The molecular weight excluding hydrogens is 333 g/mol. The second kappa shape index (κ2) is 6.52. The number of nitrogens with zero attached hydrogens (tertiary/aromatic N) is 2. The summed E-state index contributed by atoms with van der Waals surface area (Å²) < 4.78 is 26.6. The van der Waals surface area contributed by atoms with E-state index < -0.39 is 10.0 Å². The quantitative estimate of drug-likeness (QED) is 0.644. The van der Waals surface area contributed by atoms with Crippen LogP contribution in [0, 0.1) is 0 Å². The molecule has 0 fully saturated rings. The molecule has 0 aliphatic carbocycles. The molecule has 0 amide bonds. The summed E-state index contributed by atoms with van der Waals surface area (Å²) in [4.78, 5) is 4.50. The highest BCUT2D eigenvalue weighted by Crippen LogP contribution is 2.28. The molecule has 1 N–H and O–H groups in total. The van der Waals surface area contributed by atoms with Crippen LogP contribution in [0.4, 0.5) is 0 Å².